The van der Waals surface area contributed by atoms with E-state index in [4.69, 9.17) is 0 Å². The monoisotopic (exact) mass is 422 g/mol. The Morgan fingerprint density at radius 1 is 1.14 bits per heavy atom. The van der Waals surface area contributed by atoms with E-state index < -0.39 is 40.6 Å². The molecule has 4 atom stereocenters. The van der Waals surface area contributed by atoms with E-state index in [-0.39, 0.29) is 28.6 Å². The second kappa shape index (κ2) is 8.01. The highest BCUT2D eigenvalue weighted by Crippen LogP contribution is 2.52. The molecule has 1 N–H and O–H groups in total. The van der Waals surface area contributed by atoms with Gasteiger partial charge in [0, 0.05) is 30.4 Å². The van der Waals surface area contributed by atoms with E-state index in [0.29, 0.717) is 25.9 Å². The van der Waals surface area contributed by atoms with Gasteiger partial charge in [0.25, 0.3) is 0 Å². The maximum atomic E-state index is 14.7. The number of nitrogens with zero attached hydrogens (tertiary/aromatic N) is 1. The minimum absolute atomic E-state index is 0.0292. The summed E-state index contributed by atoms with van der Waals surface area (Å²) in [7, 11) is 0. The molecule has 1 heterocycles. The minimum Gasteiger partial charge on any atom is -0.598 e. The Morgan fingerprint density at radius 2 is 1.79 bits per heavy atom. The predicted molar refractivity (Wildman–Crippen MR) is 105 cm³/mol. The van der Waals surface area contributed by atoms with Crippen LogP contribution in [0.4, 0.5) is 13.2 Å². The second-order valence-corrected chi connectivity index (χ2v) is 8.73. The van der Waals surface area contributed by atoms with Crippen molar-refractivity contribution in [3.8, 4) is 11.1 Å². The standard InChI is InChI=1S/C21H21F3N2O2S/c1-29(28)25-12-8-9-26(11-12)21(27)15-10-14(15)19-13(4-2-5-16(19)22)20-17(23)6-3-7-18(20)24/h2-7,12,14-15,25H,8-11H2,1H3. The van der Waals surface area contributed by atoms with Crippen molar-refractivity contribution < 1.29 is 22.5 Å². The number of amides is 1. The van der Waals surface area contributed by atoms with Gasteiger partial charge in [-0.05, 0) is 48.1 Å². The highest BCUT2D eigenvalue weighted by atomic mass is 32.2. The van der Waals surface area contributed by atoms with Gasteiger partial charge < -0.3 is 9.45 Å². The molecule has 4 rings (SSSR count). The molecular weight excluding hydrogens is 401 g/mol. The van der Waals surface area contributed by atoms with E-state index in [1.807, 2.05) is 0 Å². The summed E-state index contributed by atoms with van der Waals surface area (Å²) in [5.74, 6) is -3.00. The summed E-state index contributed by atoms with van der Waals surface area (Å²) >= 11 is -1.16. The number of nitrogens with one attached hydrogen (secondary N) is 1. The Kier molecular flexibility index (Phi) is 5.59. The average molecular weight is 422 g/mol. The first-order valence-electron chi connectivity index (χ1n) is 9.48. The molecule has 0 spiro atoms. The van der Waals surface area contributed by atoms with Crippen LogP contribution in [0.3, 0.4) is 0 Å². The van der Waals surface area contributed by atoms with E-state index in [1.165, 1.54) is 24.3 Å². The van der Waals surface area contributed by atoms with Crippen LogP contribution in [0, 0.1) is 23.4 Å². The summed E-state index contributed by atoms with van der Waals surface area (Å²) < 4.78 is 57.6. The number of carbonyl (C=O) groups excluding carboxylic acids is 1. The van der Waals surface area contributed by atoms with E-state index in [9.17, 15) is 22.5 Å². The molecule has 1 saturated heterocycles. The zero-order valence-corrected chi connectivity index (χ0v) is 16.6. The Labute approximate surface area is 170 Å². The van der Waals surface area contributed by atoms with Gasteiger partial charge in [0.1, 0.15) is 23.7 Å². The summed E-state index contributed by atoms with van der Waals surface area (Å²) in [5, 5.41) is 0. The Morgan fingerprint density at radius 3 is 2.48 bits per heavy atom. The minimum atomic E-state index is -1.16. The van der Waals surface area contributed by atoms with Crippen LogP contribution in [0.15, 0.2) is 36.4 Å². The third-order valence-electron chi connectivity index (χ3n) is 5.60. The third-order valence-corrected chi connectivity index (χ3v) is 6.26. The molecule has 1 aliphatic carbocycles. The van der Waals surface area contributed by atoms with Crippen LogP contribution in [-0.4, -0.2) is 40.7 Å². The second-order valence-electron chi connectivity index (χ2n) is 7.59. The molecule has 2 aromatic rings. The SMILES string of the molecule is C[S+]([O-])NC1CCN(C(=O)C2CC2c2c(F)cccc2-c2c(F)cccc2F)C1. The van der Waals surface area contributed by atoms with Crippen molar-refractivity contribution in [1.29, 1.82) is 0 Å². The molecule has 1 aliphatic heterocycles. The Balaban J connectivity index is 1.56. The third kappa shape index (κ3) is 4.01. The maximum Gasteiger partial charge on any atom is 0.226 e. The van der Waals surface area contributed by atoms with Gasteiger partial charge in [-0.2, -0.15) is 0 Å². The van der Waals surface area contributed by atoms with Crippen molar-refractivity contribution >= 4 is 17.3 Å². The normalized spacial score (nSPS) is 24.6. The molecule has 1 amide bonds. The van der Waals surface area contributed by atoms with Crippen molar-refractivity contribution in [3.05, 3.63) is 59.4 Å². The van der Waals surface area contributed by atoms with Crippen LogP contribution in [0.2, 0.25) is 0 Å². The summed E-state index contributed by atoms with van der Waals surface area (Å²) in [5.41, 5.74) is 0.0811. The molecule has 0 bridgehead atoms. The van der Waals surface area contributed by atoms with Crippen molar-refractivity contribution in [2.24, 2.45) is 5.92 Å². The van der Waals surface area contributed by atoms with Gasteiger partial charge in [0.05, 0.1) is 11.6 Å². The molecule has 29 heavy (non-hydrogen) atoms. The molecule has 2 fully saturated rings. The van der Waals surface area contributed by atoms with Crippen molar-refractivity contribution in [2.75, 3.05) is 19.3 Å². The van der Waals surface area contributed by atoms with E-state index >= 15 is 0 Å². The predicted octanol–water partition coefficient (Wildman–Crippen LogP) is 3.36. The fourth-order valence-electron chi connectivity index (χ4n) is 4.20. The molecule has 8 heteroatoms. The first-order valence-corrected chi connectivity index (χ1v) is 11.0. The number of likely N-dealkylation sites (tertiary alicyclic amines) is 1. The summed E-state index contributed by atoms with van der Waals surface area (Å²) in [6.45, 7) is 0.997. The molecule has 154 valence electrons. The molecule has 2 aromatic carbocycles. The Hall–Kier alpha value is -2.03. The van der Waals surface area contributed by atoms with Crippen LogP contribution in [0.1, 0.15) is 24.3 Å². The van der Waals surface area contributed by atoms with Gasteiger partial charge in [0.2, 0.25) is 5.91 Å². The number of rotatable bonds is 5. The summed E-state index contributed by atoms with van der Waals surface area (Å²) in [6.07, 6.45) is 2.69. The smallest absolute Gasteiger partial charge is 0.226 e. The number of halogens is 3. The highest BCUT2D eigenvalue weighted by Gasteiger charge is 2.49. The van der Waals surface area contributed by atoms with Gasteiger partial charge >= 0.3 is 0 Å². The lowest BCUT2D eigenvalue weighted by atomic mass is 9.94. The number of carbonyl (C=O) groups is 1. The fraction of sp³-hybridized carbons (Fsp3) is 0.381. The van der Waals surface area contributed by atoms with Gasteiger partial charge in [-0.25, -0.2) is 13.2 Å². The van der Waals surface area contributed by atoms with Crippen molar-refractivity contribution in [1.82, 2.24) is 9.62 Å². The Bertz CT molecular complexity index is 920. The molecular formula is C21H21F3N2O2S. The number of benzene rings is 2. The van der Waals surface area contributed by atoms with Crippen LogP contribution in [0.5, 0.6) is 0 Å². The van der Waals surface area contributed by atoms with Gasteiger partial charge in [-0.3, -0.25) is 4.79 Å². The van der Waals surface area contributed by atoms with E-state index in [0.717, 1.165) is 12.1 Å². The largest absolute Gasteiger partial charge is 0.598 e. The lowest BCUT2D eigenvalue weighted by Gasteiger charge is -2.18. The zero-order chi connectivity index (χ0) is 20.7. The van der Waals surface area contributed by atoms with Gasteiger partial charge in [0.15, 0.2) is 0 Å². The van der Waals surface area contributed by atoms with Crippen LogP contribution in [-0.2, 0) is 16.2 Å². The first-order chi connectivity index (χ1) is 13.9. The molecule has 1 saturated carbocycles. The summed E-state index contributed by atoms with van der Waals surface area (Å²) in [4.78, 5) is 14.6. The van der Waals surface area contributed by atoms with Gasteiger partial charge in [-0.1, -0.05) is 18.2 Å². The van der Waals surface area contributed by atoms with Crippen LogP contribution in [0.25, 0.3) is 11.1 Å². The number of hydrogen-bond acceptors (Lipinski definition) is 3. The summed E-state index contributed by atoms with van der Waals surface area (Å²) in [6, 6.07) is 7.67. The molecule has 4 unspecified atom stereocenters. The van der Waals surface area contributed by atoms with Crippen molar-refractivity contribution in [2.45, 2.75) is 24.8 Å². The quantitative estimate of drug-likeness (QED) is 0.752. The maximum absolute atomic E-state index is 14.7. The lowest BCUT2D eigenvalue weighted by molar-refractivity contribution is -0.131. The van der Waals surface area contributed by atoms with E-state index in [2.05, 4.69) is 4.72 Å². The van der Waals surface area contributed by atoms with Crippen LogP contribution >= 0.6 is 0 Å². The average Bonchev–Trinajstić information content (AvgIpc) is 3.30. The van der Waals surface area contributed by atoms with Crippen LogP contribution < -0.4 is 4.72 Å². The molecule has 4 nitrogen and oxygen atoms in total. The fourth-order valence-corrected chi connectivity index (χ4v) is 4.86. The molecule has 0 aromatic heterocycles. The van der Waals surface area contributed by atoms with Gasteiger partial charge in [-0.15, -0.1) is 4.72 Å². The lowest BCUT2D eigenvalue weighted by Crippen LogP contribution is -2.38. The number of hydrogen-bond donors (Lipinski definition) is 1. The highest BCUT2D eigenvalue weighted by molar-refractivity contribution is 7.88. The topological polar surface area (TPSA) is 55.4 Å². The molecule has 2 aliphatic rings. The molecule has 0 radical (unpaired) electrons. The van der Waals surface area contributed by atoms with Crippen molar-refractivity contribution in [3.63, 3.8) is 0 Å². The van der Waals surface area contributed by atoms with E-state index in [1.54, 1.807) is 11.2 Å². The zero-order valence-electron chi connectivity index (χ0n) is 15.8. The first kappa shape index (κ1) is 20.3.